The zero-order valence-electron chi connectivity index (χ0n) is 13.3. The van der Waals surface area contributed by atoms with E-state index in [2.05, 4.69) is 26.1 Å². The molecule has 24 heavy (non-hydrogen) atoms. The van der Waals surface area contributed by atoms with Crippen LogP contribution < -0.4 is 5.32 Å². The fourth-order valence-electron chi connectivity index (χ4n) is 3.52. The predicted molar refractivity (Wildman–Crippen MR) is 99.3 cm³/mol. The molecule has 138 valence electrons. The molecular formula is C16H23BrCl2F2N2O. The molecule has 2 saturated heterocycles. The van der Waals surface area contributed by atoms with Crippen molar-refractivity contribution in [2.24, 2.45) is 5.92 Å². The van der Waals surface area contributed by atoms with Gasteiger partial charge in [0.15, 0.2) is 0 Å². The summed E-state index contributed by atoms with van der Waals surface area (Å²) in [6, 6.07) is 2.58. The smallest absolute Gasteiger partial charge is 0.145 e. The van der Waals surface area contributed by atoms with E-state index in [0.717, 1.165) is 39.0 Å². The van der Waals surface area contributed by atoms with Crippen molar-refractivity contribution < 1.29 is 13.5 Å². The van der Waals surface area contributed by atoms with E-state index < -0.39 is 11.6 Å². The molecule has 0 saturated carbocycles. The van der Waals surface area contributed by atoms with Crippen LogP contribution in [0.5, 0.6) is 0 Å². The molecule has 0 radical (unpaired) electrons. The summed E-state index contributed by atoms with van der Waals surface area (Å²) in [7, 11) is 0. The molecule has 8 heteroatoms. The summed E-state index contributed by atoms with van der Waals surface area (Å²) in [6.45, 7) is 4.68. The first-order valence-corrected chi connectivity index (χ1v) is 8.63. The highest BCUT2D eigenvalue weighted by Crippen LogP contribution is 2.39. The molecule has 2 heterocycles. The molecule has 1 aromatic rings. The largest absolute Gasteiger partial charge is 0.381 e. The third kappa shape index (κ3) is 4.80. The normalized spacial score (nSPS) is 20.8. The van der Waals surface area contributed by atoms with Crippen molar-refractivity contribution in [3.63, 3.8) is 0 Å². The third-order valence-corrected chi connectivity index (χ3v) is 5.25. The molecule has 0 bridgehead atoms. The monoisotopic (exact) mass is 446 g/mol. The van der Waals surface area contributed by atoms with E-state index in [-0.39, 0.29) is 42.3 Å². The number of hydrogen-bond donors (Lipinski definition) is 1. The molecule has 0 unspecified atom stereocenters. The number of ether oxygens (including phenoxy) is 1. The van der Waals surface area contributed by atoms with Gasteiger partial charge < -0.3 is 10.1 Å². The van der Waals surface area contributed by atoms with E-state index >= 15 is 0 Å². The first-order valence-electron chi connectivity index (χ1n) is 7.84. The summed E-state index contributed by atoms with van der Waals surface area (Å²) >= 11 is 3.20. The number of benzene rings is 1. The standard InChI is InChI=1S/C16H21BrF2N2O.2ClH/c17-12-1-2-13(18)14(15(12)19)16(11-3-9-22-10-4-11)21-7-5-20-6-8-21;;/h1-2,11,16,20H,3-10H2;2*1H/t16-;;/m1../s1. The van der Waals surface area contributed by atoms with Crippen LogP contribution in [0.2, 0.25) is 0 Å². The fourth-order valence-corrected chi connectivity index (χ4v) is 3.87. The van der Waals surface area contributed by atoms with Crippen LogP contribution in [0, 0.1) is 17.6 Å². The fraction of sp³-hybridized carbons (Fsp3) is 0.625. The highest BCUT2D eigenvalue weighted by Gasteiger charge is 2.35. The van der Waals surface area contributed by atoms with Crippen molar-refractivity contribution in [3.8, 4) is 0 Å². The second kappa shape index (κ2) is 10.2. The molecule has 3 rings (SSSR count). The SMILES string of the molecule is Cl.Cl.Fc1ccc(Br)c(F)c1[C@@H](C1CCOCC1)N1CCNCC1. The van der Waals surface area contributed by atoms with Crippen molar-refractivity contribution in [3.05, 3.63) is 33.8 Å². The Morgan fingerprint density at radius 3 is 2.38 bits per heavy atom. The second-order valence-electron chi connectivity index (χ2n) is 5.94. The highest BCUT2D eigenvalue weighted by molar-refractivity contribution is 9.10. The van der Waals surface area contributed by atoms with Crippen molar-refractivity contribution in [1.82, 2.24) is 10.2 Å². The maximum absolute atomic E-state index is 14.7. The molecule has 0 spiro atoms. The molecule has 2 fully saturated rings. The van der Waals surface area contributed by atoms with E-state index in [1.54, 1.807) is 0 Å². The van der Waals surface area contributed by atoms with Gasteiger partial charge in [0.05, 0.1) is 4.47 Å². The molecule has 1 aromatic carbocycles. The van der Waals surface area contributed by atoms with E-state index in [1.807, 2.05) is 0 Å². The lowest BCUT2D eigenvalue weighted by atomic mass is 9.85. The van der Waals surface area contributed by atoms with Gasteiger partial charge in [-0.15, -0.1) is 24.8 Å². The van der Waals surface area contributed by atoms with Gasteiger partial charge in [-0.3, -0.25) is 4.90 Å². The number of nitrogens with zero attached hydrogens (tertiary/aromatic N) is 1. The van der Waals surface area contributed by atoms with E-state index in [9.17, 15) is 8.78 Å². The van der Waals surface area contributed by atoms with Crippen LogP contribution in [0.25, 0.3) is 0 Å². The van der Waals surface area contributed by atoms with E-state index in [4.69, 9.17) is 4.74 Å². The Balaban J connectivity index is 0.00000144. The minimum absolute atomic E-state index is 0. The number of halogens is 5. The van der Waals surface area contributed by atoms with Crippen molar-refractivity contribution in [1.29, 1.82) is 0 Å². The minimum Gasteiger partial charge on any atom is -0.381 e. The molecule has 1 atom stereocenters. The van der Waals surface area contributed by atoms with Crippen molar-refractivity contribution in [2.75, 3.05) is 39.4 Å². The Bertz CT molecular complexity index is 509. The number of piperazine rings is 1. The Hall–Kier alpha value is 0.0200. The maximum atomic E-state index is 14.7. The molecule has 3 nitrogen and oxygen atoms in total. The molecule has 2 aliphatic rings. The molecule has 0 amide bonds. The number of hydrogen-bond acceptors (Lipinski definition) is 3. The van der Waals surface area contributed by atoms with Gasteiger partial charge in [-0.2, -0.15) is 0 Å². The Kier molecular flexibility index (Phi) is 9.41. The van der Waals surface area contributed by atoms with E-state index in [1.165, 1.54) is 12.1 Å². The Morgan fingerprint density at radius 2 is 1.75 bits per heavy atom. The van der Waals surface area contributed by atoms with Crippen molar-refractivity contribution in [2.45, 2.75) is 18.9 Å². The van der Waals surface area contributed by atoms with Gasteiger partial charge in [0.25, 0.3) is 0 Å². The van der Waals surface area contributed by atoms with Crippen LogP contribution >= 0.6 is 40.7 Å². The van der Waals surface area contributed by atoms with Crippen LogP contribution in [0.15, 0.2) is 16.6 Å². The lowest BCUT2D eigenvalue weighted by Crippen LogP contribution is -2.48. The summed E-state index contributed by atoms with van der Waals surface area (Å²) in [6.07, 6.45) is 1.69. The van der Waals surface area contributed by atoms with Gasteiger partial charge in [0.2, 0.25) is 0 Å². The van der Waals surface area contributed by atoms with Crippen LogP contribution in [0.3, 0.4) is 0 Å². The van der Waals surface area contributed by atoms with Gasteiger partial charge in [0, 0.05) is 51.0 Å². The summed E-state index contributed by atoms with van der Waals surface area (Å²) < 4.78 is 34.9. The molecule has 1 N–H and O–H groups in total. The average molecular weight is 448 g/mol. The van der Waals surface area contributed by atoms with Crippen molar-refractivity contribution >= 4 is 40.7 Å². The summed E-state index contributed by atoms with van der Waals surface area (Å²) in [4.78, 5) is 2.22. The Labute approximate surface area is 162 Å². The number of rotatable bonds is 3. The topological polar surface area (TPSA) is 24.5 Å². The summed E-state index contributed by atoms with van der Waals surface area (Å²) in [5.74, 6) is -0.684. The lowest BCUT2D eigenvalue weighted by molar-refractivity contribution is 0.0191. The summed E-state index contributed by atoms with van der Waals surface area (Å²) in [5.41, 5.74) is 0.211. The van der Waals surface area contributed by atoms with Gasteiger partial charge >= 0.3 is 0 Å². The highest BCUT2D eigenvalue weighted by atomic mass is 79.9. The maximum Gasteiger partial charge on any atom is 0.145 e. The van der Waals surface area contributed by atoms with Crippen LogP contribution in [-0.2, 0) is 4.74 Å². The van der Waals surface area contributed by atoms with Gasteiger partial charge in [-0.05, 0) is 46.8 Å². The number of nitrogens with one attached hydrogen (secondary N) is 1. The first-order chi connectivity index (χ1) is 10.7. The average Bonchev–Trinajstić information content (AvgIpc) is 2.57. The van der Waals surface area contributed by atoms with Gasteiger partial charge in [-0.25, -0.2) is 8.78 Å². The minimum atomic E-state index is -0.463. The summed E-state index contributed by atoms with van der Waals surface area (Å²) in [5, 5.41) is 3.30. The molecule has 2 aliphatic heterocycles. The van der Waals surface area contributed by atoms with Crippen LogP contribution in [0.4, 0.5) is 8.78 Å². The quantitative estimate of drug-likeness (QED) is 0.710. The second-order valence-corrected chi connectivity index (χ2v) is 6.79. The zero-order chi connectivity index (χ0) is 15.5. The zero-order valence-corrected chi connectivity index (χ0v) is 16.5. The molecule has 0 aromatic heterocycles. The van der Waals surface area contributed by atoms with Crippen LogP contribution in [-0.4, -0.2) is 44.3 Å². The Morgan fingerprint density at radius 1 is 1.12 bits per heavy atom. The predicted octanol–water partition coefficient (Wildman–Crippen LogP) is 3.94. The molecule has 0 aliphatic carbocycles. The van der Waals surface area contributed by atoms with E-state index in [0.29, 0.717) is 17.7 Å². The first kappa shape index (κ1) is 22.1. The van der Waals surface area contributed by atoms with Gasteiger partial charge in [-0.1, -0.05) is 0 Å². The van der Waals surface area contributed by atoms with Gasteiger partial charge in [0.1, 0.15) is 11.6 Å². The third-order valence-electron chi connectivity index (χ3n) is 4.63. The van der Waals surface area contributed by atoms with Crippen LogP contribution in [0.1, 0.15) is 24.4 Å². The molecular weight excluding hydrogens is 425 g/mol. The lowest BCUT2D eigenvalue weighted by Gasteiger charge is -2.41.